The molecule has 15 heteroatoms. The van der Waals surface area contributed by atoms with E-state index in [2.05, 4.69) is 15.2 Å². The lowest BCUT2D eigenvalue weighted by Crippen LogP contribution is -2.41. The van der Waals surface area contributed by atoms with Gasteiger partial charge in [-0.05, 0) is 30.3 Å². The summed E-state index contributed by atoms with van der Waals surface area (Å²) in [4.78, 5) is 16.7. The van der Waals surface area contributed by atoms with Gasteiger partial charge in [0, 0.05) is 11.6 Å². The van der Waals surface area contributed by atoms with Crippen molar-refractivity contribution >= 4 is 0 Å². The highest BCUT2D eigenvalue weighted by Crippen LogP contribution is 2.28. The van der Waals surface area contributed by atoms with Crippen molar-refractivity contribution in [2.75, 3.05) is 6.61 Å². The van der Waals surface area contributed by atoms with E-state index in [4.69, 9.17) is 4.74 Å². The van der Waals surface area contributed by atoms with Crippen molar-refractivity contribution in [3.63, 3.8) is 0 Å². The Morgan fingerprint density at radius 2 is 1.73 bits per heavy atom. The van der Waals surface area contributed by atoms with Gasteiger partial charge in [0.15, 0.2) is 6.61 Å². The molecule has 0 radical (unpaired) electrons. The van der Waals surface area contributed by atoms with Gasteiger partial charge >= 0.3 is 18.0 Å². The van der Waals surface area contributed by atoms with Gasteiger partial charge in [-0.1, -0.05) is 6.07 Å². The van der Waals surface area contributed by atoms with Crippen molar-refractivity contribution in [1.82, 2.24) is 29.1 Å². The Bertz CT molecular complexity index is 1410. The second-order valence-corrected chi connectivity index (χ2v) is 8.03. The molecular weight excluding hydrogens is 510 g/mol. The molecule has 0 saturated heterocycles. The minimum absolute atomic E-state index is 0.140. The minimum atomic E-state index is -4.33. The van der Waals surface area contributed by atoms with Crippen LogP contribution >= 0.6 is 0 Å². The number of alkyl halides is 4. The van der Waals surface area contributed by atoms with Crippen LogP contribution in [-0.4, -0.2) is 53.2 Å². The maximum absolute atomic E-state index is 14.6. The van der Waals surface area contributed by atoms with Gasteiger partial charge in [-0.15, -0.1) is 0 Å². The van der Waals surface area contributed by atoms with Crippen molar-refractivity contribution < 1.29 is 36.2 Å². The number of ether oxygens (including phenoxy) is 1. The lowest BCUT2D eigenvalue weighted by Gasteiger charge is -2.28. The molecule has 0 amide bonds. The molecule has 2 heterocycles. The second kappa shape index (κ2) is 10.1. The quantitative estimate of drug-likeness (QED) is 0.318. The van der Waals surface area contributed by atoms with E-state index in [0.717, 1.165) is 27.7 Å². The number of benzene rings is 2. The lowest BCUT2D eigenvalue weighted by molar-refractivity contribution is -0.148. The van der Waals surface area contributed by atoms with Crippen molar-refractivity contribution in [3.8, 4) is 11.4 Å². The van der Waals surface area contributed by atoms with Crippen LogP contribution in [0.25, 0.3) is 5.69 Å². The summed E-state index contributed by atoms with van der Waals surface area (Å²) in [6.07, 6.45) is -0.346. The molecule has 2 aromatic heterocycles. The Hall–Kier alpha value is -4.14. The summed E-state index contributed by atoms with van der Waals surface area (Å²) in [5, 5.41) is 19.2. The predicted octanol–water partition coefficient (Wildman–Crippen LogP) is 2.77. The van der Waals surface area contributed by atoms with Crippen LogP contribution in [0.5, 0.6) is 5.75 Å². The molecule has 0 unspecified atom stereocenters. The summed E-state index contributed by atoms with van der Waals surface area (Å²) in [6.45, 7) is -2.46. The zero-order valence-corrected chi connectivity index (χ0v) is 18.7. The summed E-state index contributed by atoms with van der Waals surface area (Å²) in [7, 11) is 0. The first kappa shape index (κ1) is 25.9. The summed E-state index contributed by atoms with van der Waals surface area (Å²) in [5.41, 5.74) is -2.98. The van der Waals surface area contributed by atoms with E-state index in [1.54, 1.807) is 0 Å². The third kappa shape index (κ3) is 5.66. The van der Waals surface area contributed by atoms with Gasteiger partial charge in [-0.3, -0.25) is 0 Å². The molecule has 1 N–H and O–H groups in total. The van der Waals surface area contributed by atoms with Crippen LogP contribution in [0.15, 0.2) is 66.2 Å². The fourth-order valence-electron chi connectivity index (χ4n) is 3.49. The molecule has 0 spiro atoms. The molecule has 9 nitrogen and oxygen atoms in total. The van der Waals surface area contributed by atoms with Crippen LogP contribution < -0.4 is 10.4 Å². The number of hydrogen-bond acceptors (Lipinski definition) is 6. The van der Waals surface area contributed by atoms with Gasteiger partial charge in [0.05, 0.1) is 18.8 Å². The standard InChI is InChI=1S/C22H18F6N6O3/c23-14-1-6-17(18(24)7-14)21(36,8-32-12-29-11-30-32)9-34-20(35)33(13-31-34)15-2-4-16(5-3-15)37-10-22(27,28)19(25)26/h1-7,11-13,19,36H,8-10H2/t21-/m0/s1. The topological polar surface area (TPSA) is 100.0 Å². The maximum Gasteiger partial charge on any atom is 0.350 e. The summed E-state index contributed by atoms with van der Waals surface area (Å²) >= 11 is 0. The number of nitrogens with zero attached hydrogens (tertiary/aromatic N) is 6. The number of hydrogen-bond donors (Lipinski definition) is 1. The molecule has 0 fully saturated rings. The second-order valence-electron chi connectivity index (χ2n) is 8.03. The van der Waals surface area contributed by atoms with Gasteiger partial charge in [-0.2, -0.15) is 19.0 Å². The van der Waals surface area contributed by atoms with E-state index in [0.29, 0.717) is 6.07 Å². The van der Waals surface area contributed by atoms with Crippen LogP contribution in [0, 0.1) is 11.6 Å². The van der Waals surface area contributed by atoms with E-state index in [-0.39, 0.29) is 23.5 Å². The highest BCUT2D eigenvalue weighted by molar-refractivity contribution is 5.37. The smallest absolute Gasteiger partial charge is 0.350 e. The Morgan fingerprint density at radius 1 is 1.00 bits per heavy atom. The van der Waals surface area contributed by atoms with E-state index in [1.165, 1.54) is 41.6 Å². The van der Waals surface area contributed by atoms with Crippen molar-refractivity contribution in [1.29, 1.82) is 0 Å². The number of aromatic nitrogens is 6. The Balaban J connectivity index is 1.58. The number of rotatable bonds is 10. The molecule has 0 aliphatic rings. The van der Waals surface area contributed by atoms with Crippen LogP contribution in [0.3, 0.4) is 0 Å². The first-order chi connectivity index (χ1) is 17.5. The van der Waals surface area contributed by atoms with E-state index < -0.39 is 48.4 Å². The third-order valence-corrected chi connectivity index (χ3v) is 5.33. The highest BCUT2D eigenvalue weighted by atomic mass is 19.3. The highest BCUT2D eigenvalue weighted by Gasteiger charge is 2.41. The molecule has 0 aliphatic heterocycles. The SMILES string of the molecule is O=c1n(-c2ccc(OCC(F)(F)C(F)F)cc2)cnn1C[C@@](O)(Cn1cncn1)c1ccc(F)cc1F. The van der Waals surface area contributed by atoms with Gasteiger partial charge in [-0.25, -0.2) is 41.3 Å². The first-order valence-corrected chi connectivity index (χ1v) is 10.5. The molecule has 0 bridgehead atoms. The zero-order chi connectivity index (χ0) is 26.8. The van der Waals surface area contributed by atoms with E-state index in [9.17, 15) is 36.2 Å². The molecule has 1 atom stereocenters. The fraction of sp³-hybridized carbons (Fsp3) is 0.273. The third-order valence-electron chi connectivity index (χ3n) is 5.33. The zero-order valence-electron chi connectivity index (χ0n) is 18.7. The first-order valence-electron chi connectivity index (χ1n) is 10.5. The molecule has 37 heavy (non-hydrogen) atoms. The average Bonchev–Trinajstić information content (AvgIpc) is 3.47. The summed E-state index contributed by atoms with van der Waals surface area (Å²) in [5.74, 6) is -6.39. The Morgan fingerprint density at radius 3 is 2.35 bits per heavy atom. The molecule has 4 rings (SSSR count). The monoisotopic (exact) mass is 528 g/mol. The predicted molar refractivity (Wildman–Crippen MR) is 115 cm³/mol. The number of aliphatic hydroxyl groups is 1. The van der Waals surface area contributed by atoms with Crippen molar-refractivity contribution in [2.45, 2.75) is 31.0 Å². The van der Waals surface area contributed by atoms with Gasteiger partial charge in [0.25, 0.3) is 0 Å². The lowest BCUT2D eigenvalue weighted by atomic mass is 9.93. The Labute approximate surface area is 204 Å². The van der Waals surface area contributed by atoms with Gasteiger partial charge in [0.1, 0.15) is 42.0 Å². The maximum atomic E-state index is 14.6. The molecular formula is C22H18F6N6O3. The molecule has 0 aliphatic carbocycles. The average molecular weight is 528 g/mol. The fourth-order valence-corrected chi connectivity index (χ4v) is 3.49. The van der Waals surface area contributed by atoms with Crippen LogP contribution in [-0.2, 0) is 18.7 Å². The molecule has 4 aromatic rings. The van der Waals surface area contributed by atoms with Crippen LogP contribution in [0.2, 0.25) is 0 Å². The normalized spacial score (nSPS) is 13.6. The van der Waals surface area contributed by atoms with E-state index in [1.807, 2.05) is 0 Å². The van der Waals surface area contributed by atoms with Crippen molar-refractivity contribution in [3.05, 3.63) is 89.1 Å². The number of halogens is 6. The van der Waals surface area contributed by atoms with Gasteiger partial charge < -0.3 is 9.84 Å². The summed E-state index contributed by atoms with van der Waals surface area (Å²) < 4.78 is 86.5. The van der Waals surface area contributed by atoms with Crippen molar-refractivity contribution in [2.24, 2.45) is 0 Å². The van der Waals surface area contributed by atoms with E-state index >= 15 is 0 Å². The molecule has 196 valence electrons. The minimum Gasteiger partial charge on any atom is -0.487 e. The van der Waals surface area contributed by atoms with Gasteiger partial charge in [0.2, 0.25) is 0 Å². The molecule has 0 saturated carbocycles. The van der Waals surface area contributed by atoms with Crippen LogP contribution in [0.4, 0.5) is 26.3 Å². The summed E-state index contributed by atoms with van der Waals surface area (Å²) in [6, 6.07) is 7.55. The van der Waals surface area contributed by atoms with Crippen LogP contribution in [0.1, 0.15) is 5.56 Å². The Kier molecular flexibility index (Phi) is 7.07. The molecule has 2 aromatic carbocycles. The largest absolute Gasteiger partial charge is 0.487 e.